The zero-order valence-corrected chi connectivity index (χ0v) is 19.8. The minimum absolute atomic E-state index is 0.101. The fourth-order valence-electron chi connectivity index (χ4n) is 2.57. The molecule has 1 aromatic carbocycles. The number of oxime groups is 1. The Bertz CT molecular complexity index is 765. The molecule has 1 rings (SSSR count). The number of amidine groups is 1. The molecule has 0 radical (unpaired) electrons. The van der Waals surface area contributed by atoms with E-state index in [1.54, 1.807) is 0 Å². The molecule has 8 heteroatoms. The van der Waals surface area contributed by atoms with Crippen LogP contribution in [0.1, 0.15) is 52.0 Å². The lowest BCUT2D eigenvalue weighted by Gasteiger charge is -2.19. The van der Waals surface area contributed by atoms with Crippen LogP contribution in [-0.2, 0) is 16.1 Å². The Hall–Kier alpha value is -2.53. The van der Waals surface area contributed by atoms with E-state index in [-0.39, 0.29) is 17.5 Å². The molecule has 0 bridgehead atoms. The summed E-state index contributed by atoms with van der Waals surface area (Å²) in [6, 6.07) is 10.5. The van der Waals surface area contributed by atoms with Crippen LogP contribution in [0.25, 0.3) is 0 Å². The van der Waals surface area contributed by atoms with Gasteiger partial charge in [0.15, 0.2) is 5.84 Å². The molecule has 1 aromatic rings. The highest BCUT2D eigenvalue weighted by Crippen LogP contribution is 2.39. The van der Waals surface area contributed by atoms with Crippen LogP contribution in [0.2, 0.25) is 0 Å². The molecule has 0 aliphatic carbocycles. The van der Waals surface area contributed by atoms with E-state index in [9.17, 15) is 9.90 Å². The quantitative estimate of drug-likeness (QED) is 0.0963. The Kier molecular flexibility index (Phi) is 13.1. The first-order chi connectivity index (χ1) is 14.9. The summed E-state index contributed by atoms with van der Waals surface area (Å²) in [5, 5.41) is 16.2. The molecule has 0 saturated heterocycles. The molecule has 0 aromatic heterocycles. The molecule has 170 valence electrons. The van der Waals surface area contributed by atoms with E-state index in [2.05, 4.69) is 54.5 Å². The van der Waals surface area contributed by atoms with E-state index in [0.29, 0.717) is 12.9 Å². The summed E-state index contributed by atoms with van der Waals surface area (Å²) in [6.45, 7) is 13.9. The average molecular weight is 447 g/mol. The highest BCUT2D eigenvalue weighted by atomic mass is 31.1. The van der Waals surface area contributed by atoms with Gasteiger partial charge in [-0.05, 0) is 51.3 Å². The van der Waals surface area contributed by atoms with Crippen LogP contribution in [-0.4, -0.2) is 48.0 Å². The van der Waals surface area contributed by atoms with Crippen LogP contribution in [0.3, 0.4) is 0 Å². The molecule has 0 amide bonds. The van der Waals surface area contributed by atoms with Crippen LogP contribution >= 0.6 is 8.07 Å². The third kappa shape index (κ3) is 10.4. The Balaban J connectivity index is 2.88. The van der Waals surface area contributed by atoms with Crippen molar-refractivity contribution in [2.75, 3.05) is 12.9 Å². The number of nitrogens with one attached hydrogen (secondary N) is 1. The number of hydrogen-bond acceptors (Lipinski definition) is 5. The summed E-state index contributed by atoms with van der Waals surface area (Å²) < 4.78 is 4.32. The maximum Gasteiger partial charge on any atom is 0.338 e. The van der Waals surface area contributed by atoms with E-state index in [1.165, 1.54) is 5.56 Å². The first-order valence-corrected chi connectivity index (χ1v) is 12.1. The van der Waals surface area contributed by atoms with Gasteiger partial charge in [-0.1, -0.05) is 55.9 Å². The van der Waals surface area contributed by atoms with Gasteiger partial charge in [-0.15, -0.1) is 0 Å². The minimum Gasteiger partial charge on any atom is -0.478 e. The largest absolute Gasteiger partial charge is 0.478 e. The number of nitrogens with zero attached hydrogens (tertiary/aromatic N) is 3. The van der Waals surface area contributed by atoms with Gasteiger partial charge in [-0.3, -0.25) is 9.76 Å². The van der Waals surface area contributed by atoms with Crippen molar-refractivity contribution in [2.45, 2.75) is 58.9 Å². The Morgan fingerprint density at radius 2 is 2.00 bits per heavy atom. The van der Waals surface area contributed by atoms with E-state index in [0.717, 1.165) is 37.6 Å². The average Bonchev–Trinajstić information content (AvgIpc) is 2.78. The van der Waals surface area contributed by atoms with Gasteiger partial charge in [0.25, 0.3) is 0 Å². The summed E-state index contributed by atoms with van der Waals surface area (Å²) in [6.07, 6.45) is 4.80. The second-order valence-corrected chi connectivity index (χ2v) is 8.99. The first-order valence-electron chi connectivity index (χ1n) is 10.6. The van der Waals surface area contributed by atoms with Gasteiger partial charge in [0.05, 0.1) is 25.4 Å². The number of rotatable bonds is 15. The third-order valence-corrected chi connectivity index (χ3v) is 6.26. The van der Waals surface area contributed by atoms with Crippen LogP contribution < -0.4 is 5.32 Å². The first kappa shape index (κ1) is 26.5. The Morgan fingerprint density at radius 1 is 1.29 bits per heavy atom. The van der Waals surface area contributed by atoms with Gasteiger partial charge in [-0.25, -0.2) is 4.79 Å². The predicted octanol–water partition coefficient (Wildman–Crippen LogP) is 5.23. The van der Waals surface area contributed by atoms with Gasteiger partial charge in [0.2, 0.25) is 0 Å². The summed E-state index contributed by atoms with van der Waals surface area (Å²) in [7, 11) is -1.05. The number of carboxylic acid groups (broad SMARTS) is 1. The summed E-state index contributed by atoms with van der Waals surface area (Å²) >= 11 is 0. The van der Waals surface area contributed by atoms with E-state index < -0.39 is 14.0 Å². The van der Waals surface area contributed by atoms with Gasteiger partial charge in [-0.2, -0.15) is 0 Å². The van der Waals surface area contributed by atoms with Gasteiger partial charge in [0, 0.05) is 6.04 Å². The lowest BCUT2D eigenvalue weighted by atomic mass is 10.1. The van der Waals surface area contributed by atoms with Crippen molar-refractivity contribution in [3.8, 4) is 0 Å². The molecule has 2 N–H and O–H groups in total. The van der Waals surface area contributed by atoms with E-state index >= 15 is 0 Å². The normalized spacial score (nSPS) is 13.9. The lowest BCUT2D eigenvalue weighted by molar-refractivity contribution is -0.132. The fraction of sp³-hybridized carbons (Fsp3) is 0.478. The standard InChI is InChI=1S/C23H35N4O3P/c1-6-16-30-27-22(19(4)23(28)29)25-17-31(24-5)21(26-18(3)7-2)15-11-14-20-12-9-8-10-13-20/h8-10,12-13,18H,4-7,11,14-17H2,1-3H3,(H,25,27)(H,28,29)/b26-21-. The molecule has 2 atom stereocenters. The topological polar surface area (TPSA) is 95.6 Å². The van der Waals surface area contributed by atoms with Crippen molar-refractivity contribution >= 4 is 32.0 Å². The van der Waals surface area contributed by atoms with Crippen molar-refractivity contribution < 1.29 is 14.7 Å². The van der Waals surface area contributed by atoms with Gasteiger partial charge < -0.3 is 15.3 Å². The third-order valence-electron chi connectivity index (χ3n) is 4.53. The summed E-state index contributed by atoms with van der Waals surface area (Å²) in [4.78, 5) is 21.4. The number of aryl methyl sites for hydroxylation is 1. The molecule has 7 nitrogen and oxygen atoms in total. The second kappa shape index (κ2) is 15.3. The van der Waals surface area contributed by atoms with E-state index in [4.69, 9.17) is 9.83 Å². The Labute approximate surface area is 187 Å². The summed E-state index contributed by atoms with van der Waals surface area (Å²) in [5.74, 6) is -1.05. The smallest absolute Gasteiger partial charge is 0.338 e. The Morgan fingerprint density at radius 3 is 2.58 bits per heavy atom. The fourth-order valence-corrected chi connectivity index (χ4v) is 4.06. The van der Waals surface area contributed by atoms with Crippen LogP contribution in [0, 0.1) is 0 Å². The van der Waals surface area contributed by atoms with Crippen molar-refractivity contribution in [1.29, 1.82) is 0 Å². The number of benzene rings is 1. The lowest BCUT2D eigenvalue weighted by Crippen LogP contribution is -2.29. The predicted molar refractivity (Wildman–Crippen MR) is 131 cm³/mol. The van der Waals surface area contributed by atoms with Gasteiger partial charge in [0.1, 0.15) is 6.61 Å². The maximum atomic E-state index is 11.4. The minimum atomic E-state index is -1.15. The highest BCUT2D eigenvalue weighted by molar-refractivity contribution is 7.74. The van der Waals surface area contributed by atoms with Crippen LogP contribution in [0.5, 0.6) is 0 Å². The molecule has 31 heavy (non-hydrogen) atoms. The van der Waals surface area contributed by atoms with Crippen molar-refractivity contribution in [3.63, 3.8) is 0 Å². The zero-order valence-electron chi connectivity index (χ0n) is 18.9. The molecular weight excluding hydrogens is 411 g/mol. The number of aliphatic imine (C=N–C) groups is 1. The molecule has 0 saturated carbocycles. The van der Waals surface area contributed by atoms with Crippen LogP contribution in [0.4, 0.5) is 0 Å². The highest BCUT2D eigenvalue weighted by Gasteiger charge is 2.19. The molecule has 0 aliphatic rings. The maximum absolute atomic E-state index is 11.4. The summed E-state index contributed by atoms with van der Waals surface area (Å²) in [5.41, 5.74) is 2.15. The molecule has 0 spiro atoms. The monoisotopic (exact) mass is 446 g/mol. The number of carbonyl (C=O) groups is 1. The van der Waals surface area contributed by atoms with Crippen LogP contribution in [0.15, 0.2) is 57.4 Å². The van der Waals surface area contributed by atoms with Gasteiger partial charge >= 0.3 is 5.97 Å². The molecule has 0 fully saturated rings. The molecule has 2 unspecified atom stereocenters. The molecule has 0 aliphatic heterocycles. The van der Waals surface area contributed by atoms with E-state index in [1.807, 2.05) is 25.1 Å². The second-order valence-electron chi connectivity index (χ2n) is 7.07. The zero-order chi connectivity index (χ0) is 23.1. The number of aliphatic carboxylic acids is 1. The number of carboxylic acids is 1. The van der Waals surface area contributed by atoms with Crippen molar-refractivity contribution in [2.24, 2.45) is 14.9 Å². The SMILES string of the molecule is C=NP(CN/C(=N/OCCC)C(=C)C(=O)O)/C(CCCc1ccccc1)=N\C(C)CC. The number of hydrogen-bond donors (Lipinski definition) is 2. The molecular formula is C23H35N4O3P. The van der Waals surface area contributed by atoms with Crippen molar-refractivity contribution in [1.82, 2.24) is 5.32 Å². The van der Waals surface area contributed by atoms with Crippen molar-refractivity contribution in [3.05, 3.63) is 48.0 Å². The molecule has 0 heterocycles.